The number of piperidine rings is 3. The summed E-state index contributed by atoms with van der Waals surface area (Å²) in [5.74, 6) is 1.21. The number of nitrogens with zero attached hydrogens (tertiary/aromatic N) is 4. The SMILES string of the molecule is COc1ccc2nc(N3CC4(CN5CCC4CC5)OC3N)sc2n1. The van der Waals surface area contributed by atoms with Gasteiger partial charge in [-0.3, -0.25) is 5.73 Å². The maximum Gasteiger partial charge on any atom is 0.214 e. The molecule has 2 N–H and O–H groups in total. The Morgan fingerprint density at radius 1 is 1.29 bits per heavy atom. The van der Waals surface area contributed by atoms with Crippen molar-refractivity contribution >= 4 is 26.8 Å². The number of methoxy groups -OCH3 is 1. The van der Waals surface area contributed by atoms with E-state index in [-0.39, 0.29) is 5.60 Å². The van der Waals surface area contributed by atoms with Gasteiger partial charge in [-0.15, -0.1) is 0 Å². The first-order valence-electron chi connectivity index (χ1n) is 8.41. The highest BCUT2D eigenvalue weighted by molar-refractivity contribution is 7.21. The molecule has 0 amide bonds. The summed E-state index contributed by atoms with van der Waals surface area (Å²) < 4.78 is 11.5. The van der Waals surface area contributed by atoms with Crippen molar-refractivity contribution in [1.82, 2.24) is 14.9 Å². The van der Waals surface area contributed by atoms with E-state index in [1.165, 1.54) is 25.9 Å². The van der Waals surface area contributed by atoms with Crippen LogP contribution in [0.15, 0.2) is 12.1 Å². The molecule has 0 aliphatic carbocycles. The highest BCUT2D eigenvalue weighted by Gasteiger charge is 2.54. The van der Waals surface area contributed by atoms with Crippen LogP contribution < -0.4 is 15.4 Å². The summed E-state index contributed by atoms with van der Waals surface area (Å²) in [5, 5.41) is 0.881. The van der Waals surface area contributed by atoms with Crippen LogP contribution in [0.2, 0.25) is 0 Å². The molecule has 0 saturated carbocycles. The smallest absolute Gasteiger partial charge is 0.214 e. The third kappa shape index (κ3) is 2.13. The molecule has 1 spiro atoms. The monoisotopic (exact) mass is 347 g/mol. The Morgan fingerprint density at radius 3 is 2.83 bits per heavy atom. The molecule has 0 aromatic carbocycles. The molecule has 8 heteroatoms. The number of ether oxygens (including phenoxy) is 2. The van der Waals surface area contributed by atoms with Gasteiger partial charge in [-0.1, -0.05) is 11.3 Å². The molecule has 2 unspecified atom stereocenters. The molecule has 4 aliphatic heterocycles. The molecule has 6 heterocycles. The summed E-state index contributed by atoms with van der Waals surface area (Å²) in [6.07, 6.45) is 1.98. The number of rotatable bonds is 2. The lowest BCUT2D eigenvalue weighted by atomic mass is 9.75. The third-order valence-electron chi connectivity index (χ3n) is 5.60. The van der Waals surface area contributed by atoms with Gasteiger partial charge in [0.2, 0.25) is 5.88 Å². The zero-order chi connectivity index (χ0) is 16.3. The molecule has 4 fully saturated rings. The fraction of sp³-hybridized carbons (Fsp3) is 0.625. The van der Waals surface area contributed by atoms with Crippen molar-refractivity contribution < 1.29 is 9.47 Å². The van der Waals surface area contributed by atoms with Gasteiger partial charge in [-0.25, -0.2) is 9.97 Å². The lowest BCUT2D eigenvalue weighted by molar-refractivity contribution is -0.137. The van der Waals surface area contributed by atoms with E-state index in [1.807, 2.05) is 12.1 Å². The topological polar surface area (TPSA) is 76.7 Å². The van der Waals surface area contributed by atoms with Crippen LogP contribution in [-0.2, 0) is 4.74 Å². The Labute approximate surface area is 144 Å². The van der Waals surface area contributed by atoms with Gasteiger partial charge in [0, 0.05) is 12.6 Å². The summed E-state index contributed by atoms with van der Waals surface area (Å²) in [7, 11) is 1.62. The summed E-state index contributed by atoms with van der Waals surface area (Å²) >= 11 is 1.55. The first-order valence-corrected chi connectivity index (χ1v) is 9.22. The molecule has 6 rings (SSSR count). The van der Waals surface area contributed by atoms with Gasteiger partial charge in [0.15, 0.2) is 11.5 Å². The number of anilines is 1. The second-order valence-corrected chi connectivity index (χ2v) is 7.88. The predicted octanol–water partition coefficient (Wildman–Crippen LogP) is 1.24. The fourth-order valence-electron chi connectivity index (χ4n) is 4.36. The van der Waals surface area contributed by atoms with Gasteiger partial charge in [0.25, 0.3) is 0 Å². The number of nitrogens with two attached hydrogens (primary N) is 1. The number of fused-ring (bicyclic) bond motifs is 3. The second kappa shape index (κ2) is 5.26. The first kappa shape index (κ1) is 14.8. The molecule has 4 aliphatic rings. The number of aromatic nitrogens is 2. The lowest BCUT2D eigenvalue weighted by Crippen LogP contribution is -2.61. The number of thiazole rings is 1. The molecular formula is C16H21N5O2S. The normalized spacial score (nSPS) is 35.2. The highest BCUT2D eigenvalue weighted by atomic mass is 32.1. The van der Waals surface area contributed by atoms with Crippen molar-refractivity contribution in [2.24, 2.45) is 11.7 Å². The Balaban J connectivity index is 1.47. The van der Waals surface area contributed by atoms with Crippen LogP contribution in [0, 0.1) is 5.92 Å². The molecular weight excluding hydrogens is 326 g/mol. The van der Waals surface area contributed by atoms with Gasteiger partial charge < -0.3 is 19.3 Å². The first-order chi connectivity index (χ1) is 11.7. The largest absolute Gasteiger partial charge is 0.481 e. The molecule has 2 aromatic rings. The van der Waals surface area contributed by atoms with Crippen LogP contribution in [0.1, 0.15) is 12.8 Å². The van der Waals surface area contributed by atoms with Crippen LogP contribution in [0.3, 0.4) is 0 Å². The van der Waals surface area contributed by atoms with E-state index in [0.29, 0.717) is 11.8 Å². The Bertz CT molecular complexity index is 775. The van der Waals surface area contributed by atoms with Crippen LogP contribution >= 0.6 is 11.3 Å². The molecule has 128 valence electrons. The Kier molecular flexibility index (Phi) is 3.25. The third-order valence-corrected chi connectivity index (χ3v) is 6.60. The molecule has 4 saturated heterocycles. The average Bonchev–Trinajstić information content (AvgIpc) is 3.16. The summed E-state index contributed by atoms with van der Waals surface area (Å²) in [5.41, 5.74) is 7.07. The number of pyridine rings is 1. The van der Waals surface area contributed by atoms with E-state index < -0.39 is 6.35 Å². The van der Waals surface area contributed by atoms with Crippen molar-refractivity contribution in [3.8, 4) is 5.88 Å². The van der Waals surface area contributed by atoms with Gasteiger partial charge in [-0.2, -0.15) is 0 Å². The minimum Gasteiger partial charge on any atom is -0.481 e. The predicted molar refractivity (Wildman–Crippen MR) is 92.3 cm³/mol. The quantitative estimate of drug-likeness (QED) is 0.876. The standard InChI is InChI=1S/C16H21N5O2S/c1-22-12-3-2-11-13(19-12)24-15(18-11)21-9-16(23-14(21)17)8-20-6-4-10(16)5-7-20/h2-3,10,14H,4-9,17H2,1H3. The maximum absolute atomic E-state index is 6.33. The second-order valence-electron chi connectivity index (χ2n) is 6.93. The lowest BCUT2D eigenvalue weighted by Gasteiger charge is -2.50. The van der Waals surface area contributed by atoms with E-state index in [4.69, 9.17) is 20.2 Å². The molecule has 2 bridgehead atoms. The van der Waals surface area contributed by atoms with Crippen molar-refractivity contribution in [2.45, 2.75) is 24.8 Å². The maximum atomic E-state index is 6.33. The summed E-state index contributed by atoms with van der Waals surface area (Å²) in [6.45, 7) is 4.18. The van der Waals surface area contributed by atoms with Crippen LogP contribution in [0.4, 0.5) is 5.13 Å². The van der Waals surface area contributed by atoms with Crippen molar-refractivity contribution in [3.05, 3.63) is 12.1 Å². The minimum atomic E-state index is -0.437. The zero-order valence-electron chi connectivity index (χ0n) is 13.6. The van der Waals surface area contributed by atoms with Crippen LogP contribution in [-0.4, -0.2) is 60.1 Å². The molecule has 7 nitrogen and oxygen atoms in total. The van der Waals surface area contributed by atoms with Gasteiger partial charge >= 0.3 is 0 Å². The molecule has 0 radical (unpaired) electrons. The molecule has 2 atom stereocenters. The number of hydrogen-bond donors (Lipinski definition) is 1. The molecule has 24 heavy (non-hydrogen) atoms. The van der Waals surface area contributed by atoms with E-state index in [1.54, 1.807) is 18.4 Å². The Hall–Kier alpha value is -1.48. The number of hydrogen-bond acceptors (Lipinski definition) is 8. The Morgan fingerprint density at radius 2 is 2.12 bits per heavy atom. The highest BCUT2D eigenvalue weighted by Crippen LogP contribution is 2.44. The minimum absolute atomic E-state index is 0.140. The van der Waals surface area contributed by atoms with E-state index in [0.717, 1.165) is 28.6 Å². The van der Waals surface area contributed by atoms with Crippen molar-refractivity contribution in [1.29, 1.82) is 0 Å². The van der Waals surface area contributed by atoms with Crippen molar-refractivity contribution in [3.63, 3.8) is 0 Å². The van der Waals surface area contributed by atoms with Gasteiger partial charge in [-0.05, 0) is 37.9 Å². The van der Waals surface area contributed by atoms with Gasteiger partial charge in [0.1, 0.15) is 15.9 Å². The fourth-order valence-corrected chi connectivity index (χ4v) is 5.32. The summed E-state index contributed by atoms with van der Waals surface area (Å²) in [4.78, 5) is 14.6. The van der Waals surface area contributed by atoms with E-state index in [9.17, 15) is 0 Å². The summed E-state index contributed by atoms with van der Waals surface area (Å²) in [6, 6.07) is 3.77. The zero-order valence-corrected chi connectivity index (χ0v) is 14.5. The van der Waals surface area contributed by atoms with Crippen molar-refractivity contribution in [2.75, 3.05) is 38.2 Å². The van der Waals surface area contributed by atoms with E-state index in [2.05, 4.69) is 14.8 Å². The molecule has 2 aromatic heterocycles. The van der Waals surface area contributed by atoms with Gasteiger partial charge in [0.05, 0.1) is 13.7 Å². The van der Waals surface area contributed by atoms with Crippen LogP contribution in [0.5, 0.6) is 5.88 Å². The van der Waals surface area contributed by atoms with Crippen LogP contribution in [0.25, 0.3) is 10.3 Å². The average molecular weight is 347 g/mol. The van der Waals surface area contributed by atoms with E-state index >= 15 is 0 Å².